The highest BCUT2D eigenvalue weighted by Crippen LogP contribution is 2.32. The maximum Gasteiger partial charge on any atom is 0.317 e. The van der Waals surface area contributed by atoms with E-state index >= 15 is 0 Å². The first kappa shape index (κ1) is 9.52. The van der Waals surface area contributed by atoms with Gasteiger partial charge >= 0.3 is 6.03 Å². The minimum absolute atomic E-state index is 0.0405. The Morgan fingerprint density at radius 2 is 2.57 bits per heavy atom. The van der Waals surface area contributed by atoms with Crippen molar-refractivity contribution in [2.24, 2.45) is 0 Å². The van der Waals surface area contributed by atoms with Crippen molar-refractivity contribution in [3.63, 3.8) is 0 Å². The first-order valence-corrected chi connectivity index (χ1v) is 5.77. The third-order valence-electron chi connectivity index (χ3n) is 2.66. The Hall–Kier alpha value is -1.03. The highest BCUT2D eigenvalue weighted by Gasteiger charge is 2.29. The zero-order chi connectivity index (χ0) is 9.97. The quantitative estimate of drug-likeness (QED) is 0.757. The van der Waals surface area contributed by atoms with Gasteiger partial charge < -0.3 is 10.2 Å². The van der Waals surface area contributed by atoms with Crippen molar-refractivity contribution < 1.29 is 4.79 Å². The maximum atomic E-state index is 11.5. The van der Waals surface area contributed by atoms with E-state index in [2.05, 4.69) is 22.1 Å². The van der Waals surface area contributed by atoms with Gasteiger partial charge in [0.05, 0.1) is 6.04 Å². The number of amides is 2. The number of carbonyl (C=O) groups is 1. The summed E-state index contributed by atoms with van der Waals surface area (Å²) in [4.78, 5) is 13.5. The van der Waals surface area contributed by atoms with Crippen LogP contribution in [0.2, 0.25) is 0 Å². The molecule has 1 aliphatic heterocycles. The van der Waals surface area contributed by atoms with Crippen LogP contribution in [-0.2, 0) is 0 Å². The second-order valence-corrected chi connectivity index (χ2v) is 4.24. The molecule has 2 amide bonds. The Bertz CT molecular complexity index is 310. The molecule has 0 spiro atoms. The van der Waals surface area contributed by atoms with E-state index in [-0.39, 0.29) is 6.03 Å². The monoisotopic (exact) mass is 210 g/mol. The van der Waals surface area contributed by atoms with E-state index in [1.54, 1.807) is 18.4 Å². The van der Waals surface area contributed by atoms with Crippen LogP contribution >= 0.6 is 11.3 Å². The minimum Gasteiger partial charge on any atom is -0.341 e. The van der Waals surface area contributed by atoms with Crippen LogP contribution < -0.4 is 5.32 Å². The molecular weight excluding hydrogens is 196 g/mol. The van der Waals surface area contributed by atoms with E-state index in [1.165, 1.54) is 5.56 Å². The van der Waals surface area contributed by atoms with Crippen LogP contribution in [0.1, 0.15) is 24.4 Å². The van der Waals surface area contributed by atoms with E-state index in [4.69, 9.17) is 0 Å². The summed E-state index contributed by atoms with van der Waals surface area (Å²) in [6.45, 7) is 0.875. The molecule has 1 aromatic rings. The van der Waals surface area contributed by atoms with Crippen LogP contribution in [0.5, 0.6) is 0 Å². The summed E-state index contributed by atoms with van der Waals surface area (Å²) in [7, 11) is 1.69. The molecule has 3 nitrogen and oxygen atoms in total. The van der Waals surface area contributed by atoms with Crippen LogP contribution in [0.4, 0.5) is 4.79 Å². The van der Waals surface area contributed by atoms with Crippen LogP contribution in [0.15, 0.2) is 16.8 Å². The Balaban J connectivity index is 2.15. The van der Waals surface area contributed by atoms with Crippen molar-refractivity contribution in [2.45, 2.75) is 18.9 Å². The topological polar surface area (TPSA) is 32.3 Å². The number of thiophene rings is 1. The standard InChI is InChI=1S/C10H14N2OS/c1-11-10(13)12-5-2-3-9(12)8-4-6-14-7-8/h4,6-7,9H,2-3,5H2,1H3,(H,11,13)/t9-/m1/s1. The van der Waals surface area contributed by atoms with Gasteiger partial charge in [-0.25, -0.2) is 4.79 Å². The lowest BCUT2D eigenvalue weighted by Gasteiger charge is -2.23. The number of likely N-dealkylation sites (tertiary alicyclic amines) is 1. The van der Waals surface area contributed by atoms with Gasteiger partial charge in [0.1, 0.15) is 0 Å². The fourth-order valence-electron chi connectivity index (χ4n) is 1.96. The summed E-state index contributed by atoms with van der Waals surface area (Å²) in [6.07, 6.45) is 2.19. The number of carbonyl (C=O) groups excluding carboxylic acids is 1. The van der Waals surface area contributed by atoms with Gasteiger partial charge in [-0.15, -0.1) is 0 Å². The van der Waals surface area contributed by atoms with Crippen LogP contribution in [0, 0.1) is 0 Å². The van der Waals surface area contributed by atoms with Crippen molar-refractivity contribution in [1.29, 1.82) is 0 Å². The normalized spacial score (nSPS) is 21.2. The maximum absolute atomic E-state index is 11.5. The number of urea groups is 1. The molecule has 76 valence electrons. The van der Waals surface area contributed by atoms with Crippen LogP contribution in [0.3, 0.4) is 0 Å². The zero-order valence-electron chi connectivity index (χ0n) is 8.19. The van der Waals surface area contributed by atoms with E-state index in [1.807, 2.05) is 4.90 Å². The first-order chi connectivity index (χ1) is 6.83. The van der Waals surface area contributed by atoms with Crippen molar-refractivity contribution in [3.8, 4) is 0 Å². The molecule has 4 heteroatoms. The number of nitrogens with zero attached hydrogens (tertiary/aromatic N) is 1. The van der Waals surface area contributed by atoms with E-state index in [0.29, 0.717) is 6.04 Å². The molecule has 0 radical (unpaired) electrons. The Labute approximate surface area is 87.7 Å². The predicted molar refractivity (Wildman–Crippen MR) is 57.5 cm³/mol. The van der Waals surface area contributed by atoms with Gasteiger partial charge in [0.2, 0.25) is 0 Å². The van der Waals surface area contributed by atoms with Gasteiger partial charge in [0.25, 0.3) is 0 Å². The summed E-state index contributed by atoms with van der Waals surface area (Å²) < 4.78 is 0. The number of rotatable bonds is 1. The van der Waals surface area contributed by atoms with Gasteiger partial charge in [-0.1, -0.05) is 0 Å². The Morgan fingerprint density at radius 3 is 3.21 bits per heavy atom. The molecule has 1 aliphatic rings. The lowest BCUT2D eigenvalue weighted by atomic mass is 10.1. The third-order valence-corrected chi connectivity index (χ3v) is 3.36. The number of hydrogen-bond donors (Lipinski definition) is 1. The van der Waals surface area contributed by atoms with Gasteiger partial charge in [-0.2, -0.15) is 11.3 Å². The zero-order valence-corrected chi connectivity index (χ0v) is 9.01. The van der Waals surface area contributed by atoms with E-state index < -0.39 is 0 Å². The van der Waals surface area contributed by atoms with Gasteiger partial charge in [-0.05, 0) is 35.2 Å². The molecule has 0 unspecified atom stereocenters. The summed E-state index contributed by atoms with van der Waals surface area (Å²) >= 11 is 1.69. The van der Waals surface area contributed by atoms with E-state index in [0.717, 1.165) is 19.4 Å². The molecule has 1 saturated heterocycles. The van der Waals surface area contributed by atoms with Crippen LogP contribution in [-0.4, -0.2) is 24.5 Å². The van der Waals surface area contributed by atoms with Crippen LogP contribution in [0.25, 0.3) is 0 Å². The molecule has 1 aromatic heterocycles. The fraction of sp³-hybridized carbons (Fsp3) is 0.500. The second kappa shape index (κ2) is 4.00. The molecule has 0 bridgehead atoms. The minimum atomic E-state index is 0.0405. The van der Waals surface area contributed by atoms with Crippen molar-refractivity contribution >= 4 is 17.4 Å². The SMILES string of the molecule is CNC(=O)N1CCC[C@@H]1c1ccsc1. The molecule has 1 N–H and O–H groups in total. The lowest BCUT2D eigenvalue weighted by Crippen LogP contribution is -2.37. The summed E-state index contributed by atoms with van der Waals surface area (Å²) in [5.74, 6) is 0. The average Bonchev–Trinajstić information content (AvgIpc) is 2.85. The molecule has 0 aliphatic carbocycles. The smallest absolute Gasteiger partial charge is 0.317 e. The fourth-order valence-corrected chi connectivity index (χ4v) is 2.67. The highest BCUT2D eigenvalue weighted by molar-refractivity contribution is 7.07. The molecule has 2 heterocycles. The lowest BCUT2D eigenvalue weighted by molar-refractivity contribution is 0.195. The van der Waals surface area contributed by atoms with E-state index in [9.17, 15) is 4.79 Å². The van der Waals surface area contributed by atoms with Crippen molar-refractivity contribution in [2.75, 3.05) is 13.6 Å². The summed E-state index contributed by atoms with van der Waals surface area (Å²) in [5, 5.41) is 6.89. The van der Waals surface area contributed by atoms with Gasteiger partial charge in [-0.3, -0.25) is 0 Å². The Kier molecular flexibility index (Phi) is 2.72. The largest absolute Gasteiger partial charge is 0.341 e. The summed E-state index contributed by atoms with van der Waals surface area (Å²) in [5.41, 5.74) is 1.27. The average molecular weight is 210 g/mol. The molecular formula is C10H14N2OS. The molecule has 1 atom stereocenters. The molecule has 0 aromatic carbocycles. The number of nitrogens with one attached hydrogen (secondary N) is 1. The van der Waals surface area contributed by atoms with Gasteiger partial charge in [0.15, 0.2) is 0 Å². The van der Waals surface area contributed by atoms with Crippen molar-refractivity contribution in [1.82, 2.24) is 10.2 Å². The molecule has 2 rings (SSSR count). The highest BCUT2D eigenvalue weighted by atomic mass is 32.1. The second-order valence-electron chi connectivity index (χ2n) is 3.46. The first-order valence-electron chi connectivity index (χ1n) is 4.83. The summed E-state index contributed by atoms with van der Waals surface area (Å²) in [6, 6.07) is 2.44. The van der Waals surface area contributed by atoms with Gasteiger partial charge in [0, 0.05) is 13.6 Å². The Morgan fingerprint density at radius 1 is 1.71 bits per heavy atom. The molecule has 14 heavy (non-hydrogen) atoms. The predicted octanol–water partition coefficient (Wildman–Crippen LogP) is 2.22. The molecule has 0 saturated carbocycles. The molecule has 1 fully saturated rings. The number of hydrogen-bond acceptors (Lipinski definition) is 2. The third kappa shape index (κ3) is 1.62. The van der Waals surface area contributed by atoms with Crippen molar-refractivity contribution in [3.05, 3.63) is 22.4 Å².